The van der Waals surface area contributed by atoms with E-state index < -0.39 is 5.25 Å². The van der Waals surface area contributed by atoms with Crippen molar-refractivity contribution in [2.75, 3.05) is 5.32 Å². The van der Waals surface area contributed by atoms with Gasteiger partial charge in [-0.3, -0.25) is 9.59 Å². The van der Waals surface area contributed by atoms with Gasteiger partial charge in [-0.15, -0.1) is 5.10 Å². The van der Waals surface area contributed by atoms with Crippen molar-refractivity contribution in [2.45, 2.75) is 25.5 Å². The second kappa shape index (κ2) is 9.84. The van der Waals surface area contributed by atoms with E-state index in [0.717, 1.165) is 16.7 Å². The van der Waals surface area contributed by atoms with Gasteiger partial charge in [0.2, 0.25) is 11.8 Å². The van der Waals surface area contributed by atoms with Crippen molar-refractivity contribution >= 4 is 46.7 Å². The number of carbonyl (C=O) groups excluding carboxylic acids is 2. The number of nitrogens with zero attached hydrogens (tertiary/aromatic N) is 2. The highest BCUT2D eigenvalue weighted by molar-refractivity contribution is 8.15. The lowest BCUT2D eigenvalue weighted by atomic mass is 10.1. The number of amides is 2. The number of thioether (sulfide) groups is 1. The largest absolute Gasteiger partial charge is 0.326 e. The van der Waals surface area contributed by atoms with E-state index in [1.807, 2.05) is 74.5 Å². The number of carbonyl (C=O) groups is 2. The maximum Gasteiger partial charge on any atom is 0.240 e. The summed E-state index contributed by atoms with van der Waals surface area (Å²) in [5.74, 6) is -0.451. The highest BCUT2D eigenvalue weighted by Gasteiger charge is 2.32. The Hall–Kier alpha value is -3.19. The molecular formula is C22H22N4O2S. The van der Waals surface area contributed by atoms with E-state index in [1.165, 1.54) is 11.8 Å². The summed E-state index contributed by atoms with van der Waals surface area (Å²) in [6.07, 6.45) is 3.69. The number of hydrogen-bond acceptors (Lipinski definition) is 5. The first-order chi connectivity index (χ1) is 14.0. The first kappa shape index (κ1) is 20.5. The second-order valence-corrected chi connectivity index (χ2v) is 7.85. The molecule has 1 atom stereocenters. The number of allylic oxidation sites excluding steroid dienone is 1. The maximum absolute atomic E-state index is 12.2. The van der Waals surface area contributed by atoms with Gasteiger partial charge in [0, 0.05) is 12.1 Å². The molecule has 2 amide bonds. The van der Waals surface area contributed by atoms with Gasteiger partial charge >= 0.3 is 0 Å². The highest BCUT2D eigenvalue weighted by atomic mass is 32.2. The fourth-order valence-corrected chi connectivity index (χ4v) is 3.55. The van der Waals surface area contributed by atoms with Crippen LogP contribution in [0.15, 0.2) is 70.4 Å². The standard InChI is InChI=1S/C22H22N4O2S/c1-15-8-10-18(11-9-15)24-20(27)13-19-21(28)25-22(29-19)26-23-14-16(2)12-17-6-4-3-5-7-17/h3-12,14,19H,13H2,1-2H3,(H,24,27)(H,25,26,28)/b16-12-,23-14-. The Morgan fingerprint density at radius 2 is 1.90 bits per heavy atom. The fraction of sp³-hybridized carbons (Fsp3) is 0.182. The summed E-state index contributed by atoms with van der Waals surface area (Å²) in [7, 11) is 0. The summed E-state index contributed by atoms with van der Waals surface area (Å²) in [4.78, 5) is 24.3. The molecule has 1 aliphatic heterocycles. The van der Waals surface area contributed by atoms with Crippen molar-refractivity contribution in [3.63, 3.8) is 0 Å². The third kappa shape index (κ3) is 6.43. The van der Waals surface area contributed by atoms with Crippen LogP contribution in [0.3, 0.4) is 0 Å². The fourth-order valence-electron chi connectivity index (χ4n) is 2.63. The first-order valence-electron chi connectivity index (χ1n) is 9.18. The first-order valence-corrected chi connectivity index (χ1v) is 10.1. The minimum absolute atomic E-state index is 0.0695. The lowest BCUT2D eigenvalue weighted by molar-refractivity contribution is -0.122. The molecule has 2 aromatic carbocycles. The van der Waals surface area contributed by atoms with Crippen molar-refractivity contribution in [1.29, 1.82) is 0 Å². The van der Waals surface area contributed by atoms with Crippen LogP contribution in [-0.4, -0.2) is 28.4 Å². The molecule has 2 aromatic rings. The predicted molar refractivity (Wildman–Crippen MR) is 120 cm³/mol. The van der Waals surface area contributed by atoms with Gasteiger partial charge in [0.15, 0.2) is 5.17 Å². The summed E-state index contributed by atoms with van der Waals surface area (Å²) in [5.41, 5.74) is 3.84. The summed E-state index contributed by atoms with van der Waals surface area (Å²) < 4.78 is 0. The molecule has 7 heteroatoms. The third-order valence-corrected chi connectivity index (χ3v) is 5.16. The molecule has 0 aliphatic carbocycles. The number of anilines is 1. The Bertz CT molecular complexity index is 966. The highest BCUT2D eigenvalue weighted by Crippen LogP contribution is 2.23. The van der Waals surface area contributed by atoms with Gasteiger partial charge in [0.25, 0.3) is 0 Å². The molecular weight excluding hydrogens is 384 g/mol. The van der Waals surface area contributed by atoms with Crippen molar-refractivity contribution in [2.24, 2.45) is 10.2 Å². The third-order valence-electron chi connectivity index (χ3n) is 4.09. The molecule has 29 heavy (non-hydrogen) atoms. The van der Waals surface area contributed by atoms with E-state index in [2.05, 4.69) is 20.8 Å². The van der Waals surface area contributed by atoms with Crippen LogP contribution in [-0.2, 0) is 9.59 Å². The summed E-state index contributed by atoms with van der Waals surface area (Å²) >= 11 is 1.21. The Labute approximate surface area is 174 Å². The molecule has 148 valence electrons. The maximum atomic E-state index is 12.2. The second-order valence-electron chi connectivity index (χ2n) is 6.66. The van der Waals surface area contributed by atoms with Crippen LogP contribution < -0.4 is 10.6 Å². The number of hydrogen-bond donors (Lipinski definition) is 2. The summed E-state index contributed by atoms with van der Waals surface area (Å²) in [6.45, 7) is 3.91. The number of amidine groups is 1. The van der Waals surface area contributed by atoms with Crippen LogP contribution in [0.25, 0.3) is 6.08 Å². The van der Waals surface area contributed by atoms with Crippen LogP contribution in [0, 0.1) is 6.92 Å². The minimum atomic E-state index is -0.518. The number of nitrogens with one attached hydrogen (secondary N) is 2. The normalized spacial score (nSPS) is 18.3. The van der Waals surface area contributed by atoms with Crippen molar-refractivity contribution < 1.29 is 9.59 Å². The van der Waals surface area contributed by atoms with Gasteiger partial charge in [0.1, 0.15) is 5.25 Å². The van der Waals surface area contributed by atoms with Crippen LogP contribution >= 0.6 is 11.8 Å². The molecule has 1 unspecified atom stereocenters. The minimum Gasteiger partial charge on any atom is -0.326 e. The smallest absolute Gasteiger partial charge is 0.240 e. The lowest BCUT2D eigenvalue weighted by Gasteiger charge is -2.07. The van der Waals surface area contributed by atoms with Gasteiger partial charge in [-0.05, 0) is 37.1 Å². The van der Waals surface area contributed by atoms with E-state index in [4.69, 9.17) is 0 Å². The number of rotatable bonds is 6. The Balaban J connectivity index is 1.53. The predicted octanol–water partition coefficient (Wildman–Crippen LogP) is 4.00. The van der Waals surface area contributed by atoms with Crippen molar-refractivity contribution in [3.8, 4) is 0 Å². The van der Waals surface area contributed by atoms with E-state index in [0.29, 0.717) is 10.9 Å². The van der Waals surface area contributed by atoms with Crippen molar-refractivity contribution in [3.05, 3.63) is 71.3 Å². The van der Waals surface area contributed by atoms with E-state index in [-0.39, 0.29) is 18.2 Å². The molecule has 1 fully saturated rings. The molecule has 1 saturated heterocycles. The molecule has 0 spiro atoms. The molecule has 1 heterocycles. The van der Waals surface area contributed by atoms with Crippen molar-refractivity contribution in [1.82, 2.24) is 5.32 Å². The molecule has 2 N–H and O–H groups in total. The Kier molecular flexibility index (Phi) is 6.97. The summed E-state index contributed by atoms with van der Waals surface area (Å²) in [5, 5.41) is 13.4. The quantitative estimate of drug-likeness (QED) is 0.562. The molecule has 0 saturated carbocycles. The zero-order valence-electron chi connectivity index (χ0n) is 16.3. The van der Waals surface area contributed by atoms with E-state index >= 15 is 0 Å². The van der Waals surface area contributed by atoms with E-state index in [1.54, 1.807) is 6.21 Å². The van der Waals surface area contributed by atoms with Crippen LogP contribution in [0.5, 0.6) is 0 Å². The van der Waals surface area contributed by atoms with Crippen LogP contribution in [0.1, 0.15) is 24.5 Å². The average molecular weight is 407 g/mol. The Morgan fingerprint density at radius 3 is 2.62 bits per heavy atom. The molecule has 0 aromatic heterocycles. The average Bonchev–Trinajstić information content (AvgIpc) is 3.03. The zero-order chi connectivity index (χ0) is 20.6. The molecule has 6 nitrogen and oxygen atoms in total. The zero-order valence-corrected chi connectivity index (χ0v) is 17.1. The number of benzene rings is 2. The topological polar surface area (TPSA) is 82.9 Å². The van der Waals surface area contributed by atoms with E-state index in [9.17, 15) is 9.59 Å². The SMILES string of the molecule is CC(/C=N\N=C1/NC(=O)C(CC(=O)Nc2ccc(C)cc2)S1)=C/c1ccccc1. The molecule has 0 bridgehead atoms. The van der Waals surface area contributed by atoms with Crippen LogP contribution in [0.4, 0.5) is 5.69 Å². The molecule has 3 rings (SSSR count). The Morgan fingerprint density at radius 1 is 1.17 bits per heavy atom. The van der Waals surface area contributed by atoms with Gasteiger partial charge in [-0.25, -0.2) is 0 Å². The van der Waals surface area contributed by atoms with Gasteiger partial charge in [-0.2, -0.15) is 5.10 Å². The van der Waals surface area contributed by atoms with Crippen LogP contribution in [0.2, 0.25) is 0 Å². The lowest BCUT2D eigenvalue weighted by Crippen LogP contribution is -2.28. The molecule has 1 aliphatic rings. The number of aryl methyl sites for hydroxylation is 1. The summed E-state index contributed by atoms with van der Waals surface area (Å²) in [6, 6.07) is 17.4. The van der Waals surface area contributed by atoms with Gasteiger partial charge in [-0.1, -0.05) is 65.9 Å². The monoisotopic (exact) mass is 406 g/mol. The van der Waals surface area contributed by atoms with Gasteiger partial charge in [0.05, 0.1) is 6.21 Å². The molecule has 0 radical (unpaired) electrons. The van der Waals surface area contributed by atoms with Gasteiger partial charge < -0.3 is 10.6 Å².